The van der Waals surface area contributed by atoms with Crippen molar-refractivity contribution < 1.29 is 9.18 Å². The minimum atomic E-state index is -0.775. The summed E-state index contributed by atoms with van der Waals surface area (Å²) >= 11 is 1.09. The second kappa shape index (κ2) is 9.32. The van der Waals surface area contributed by atoms with Crippen LogP contribution >= 0.6 is 11.8 Å². The van der Waals surface area contributed by atoms with Gasteiger partial charge in [-0.05, 0) is 52.2 Å². The molecule has 176 valence electrons. The first-order valence-electron chi connectivity index (χ1n) is 10.1. The van der Waals surface area contributed by atoms with Crippen molar-refractivity contribution in [3.05, 3.63) is 62.3 Å². The Morgan fingerprint density at radius 1 is 1.09 bits per heavy atom. The Morgan fingerprint density at radius 3 is 2.27 bits per heavy atom. The van der Waals surface area contributed by atoms with Crippen molar-refractivity contribution in [3.8, 4) is 5.69 Å². The van der Waals surface area contributed by atoms with Crippen LogP contribution in [0.5, 0.6) is 0 Å². The van der Waals surface area contributed by atoms with Crippen molar-refractivity contribution in [1.29, 1.82) is 0 Å². The van der Waals surface area contributed by atoms with Gasteiger partial charge in [0.1, 0.15) is 17.2 Å². The number of aromatic nitrogens is 5. The molecule has 0 saturated heterocycles. The van der Waals surface area contributed by atoms with E-state index in [9.17, 15) is 18.8 Å². The maximum absolute atomic E-state index is 13.5. The van der Waals surface area contributed by atoms with Crippen molar-refractivity contribution in [2.75, 3.05) is 19.8 Å². The molecule has 3 aromatic rings. The second-order valence-electron chi connectivity index (χ2n) is 7.88. The number of benzene rings is 1. The quantitative estimate of drug-likeness (QED) is 0.402. The van der Waals surface area contributed by atoms with E-state index < -0.39 is 22.3 Å². The minimum Gasteiger partial charge on any atom is -0.384 e. The Hall–Kier alpha value is -3.25. The van der Waals surface area contributed by atoms with E-state index in [4.69, 9.17) is 5.73 Å². The summed E-state index contributed by atoms with van der Waals surface area (Å²) in [4.78, 5) is 39.8. The molecule has 2 heterocycles. The van der Waals surface area contributed by atoms with Gasteiger partial charge in [0.15, 0.2) is 16.8 Å². The van der Waals surface area contributed by atoms with Crippen LogP contribution in [0.1, 0.15) is 36.1 Å². The molecule has 0 amide bonds. The molecule has 0 bridgehead atoms. The van der Waals surface area contributed by atoms with Crippen LogP contribution in [0.15, 0.2) is 39.0 Å². The van der Waals surface area contributed by atoms with Crippen molar-refractivity contribution in [2.45, 2.75) is 30.3 Å². The maximum Gasteiger partial charge on any atom is 0.332 e. The van der Waals surface area contributed by atoms with E-state index in [1.165, 1.54) is 26.2 Å². The smallest absolute Gasteiger partial charge is 0.332 e. The first-order chi connectivity index (χ1) is 15.5. The van der Waals surface area contributed by atoms with Crippen LogP contribution in [0.4, 0.5) is 10.2 Å². The summed E-state index contributed by atoms with van der Waals surface area (Å²) in [5.74, 6) is -0.508. The van der Waals surface area contributed by atoms with Crippen LogP contribution in [-0.2, 0) is 14.1 Å². The molecule has 0 aliphatic heterocycles. The number of nitrogen functional groups attached to an aromatic ring is 1. The van der Waals surface area contributed by atoms with Crippen molar-refractivity contribution >= 4 is 23.4 Å². The van der Waals surface area contributed by atoms with E-state index in [1.807, 2.05) is 25.9 Å². The number of nitrogens with zero attached hydrogens (tertiary/aromatic N) is 6. The predicted molar refractivity (Wildman–Crippen MR) is 124 cm³/mol. The molecule has 0 saturated carbocycles. The molecule has 2 atom stereocenters. The SMILES string of the molecule is CC(Sc1nnc(C(C)N(C)C)n1-c1ccc(F)cc1)C(=O)c1c(N)n(C)c(=O)n(C)c1=O. The third-order valence-corrected chi connectivity index (χ3v) is 6.54. The summed E-state index contributed by atoms with van der Waals surface area (Å²) in [5, 5.41) is 8.19. The van der Waals surface area contributed by atoms with Crippen molar-refractivity contribution in [3.63, 3.8) is 0 Å². The molecule has 0 fully saturated rings. The first-order valence-corrected chi connectivity index (χ1v) is 11.0. The Balaban J connectivity index is 2.05. The van der Waals surface area contributed by atoms with Crippen molar-refractivity contribution in [1.82, 2.24) is 28.8 Å². The number of anilines is 1. The number of carbonyl (C=O) groups is 1. The lowest BCUT2D eigenvalue weighted by Gasteiger charge is -2.21. The van der Waals surface area contributed by atoms with Crippen LogP contribution < -0.4 is 17.0 Å². The number of rotatable bonds is 7. The van der Waals surface area contributed by atoms with Gasteiger partial charge in [-0.15, -0.1) is 10.2 Å². The molecule has 3 rings (SSSR count). The lowest BCUT2D eigenvalue weighted by atomic mass is 10.1. The summed E-state index contributed by atoms with van der Waals surface area (Å²) in [7, 11) is 6.47. The molecule has 33 heavy (non-hydrogen) atoms. The average molecular weight is 476 g/mol. The molecule has 2 N–H and O–H groups in total. The first kappa shape index (κ1) is 24.4. The molecular weight excluding hydrogens is 449 g/mol. The van der Waals surface area contributed by atoms with Crippen LogP contribution in [0.2, 0.25) is 0 Å². The van der Waals surface area contributed by atoms with E-state index in [2.05, 4.69) is 10.2 Å². The summed E-state index contributed by atoms with van der Waals surface area (Å²) in [6.45, 7) is 3.57. The topological polar surface area (TPSA) is 121 Å². The number of ketones is 1. The predicted octanol–water partition coefficient (Wildman–Crippen LogP) is 1.37. The number of hydrogen-bond acceptors (Lipinski definition) is 8. The highest BCUT2D eigenvalue weighted by atomic mass is 32.2. The van der Waals surface area contributed by atoms with Crippen LogP contribution in [0.3, 0.4) is 0 Å². The normalized spacial score (nSPS) is 13.3. The molecule has 1 aromatic carbocycles. The van der Waals surface area contributed by atoms with Crippen LogP contribution in [0, 0.1) is 5.82 Å². The molecule has 0 spiro atoms. The highest BCUT2D eigenvalue weighted by molar-refractivity contribution is 8.00. The van der Waals surface area contributed by atoms with Gasteiger partial charge in [0.25, 0.3) is 5.56 Å². The highest BCUT2D eigenvalue weighted by Crippen LogP contribution is 2.30. The van der Waals surface area contributed by atoms with Gasteiger partial charge < -0.3 is 5.73 Å². The third-order valence-electron chi connectivity index (χ3n) is 5.50. The van der Waals surface area contributed by atoms with Gasteiger partial charge in [0.05, 0.1) is 11.3 Å². The van der Waals surface area contributed by atoms with E-state index in [1.54, 1.807) is 23.6 Å². The fourth-order valence-electron chi connectivity index (χ4n) is 3.20. The largest absolute Gasteiger partial charge is 0.384 e. The van der Waals surface area contributed by atoms with Gasteiger partial charge in [-0.1, -0.05) is 11.8 Å². The van der Waals surface area contributed by atoms with E-state index in [-0.39, 0.29) is 23.2 Å². The van der Waals surface area contributed by atoms with E-state index in [0.717, 1.165) is 20.9 Å². The number of carbonyl (C=O) groups excluding carboxylic acids is 1. The summed E-state index contributed by atoms with van der Waals surface area (Å²) in [6, 6.07) is 5.73. The van der Waals surface area contributed by atoms with Crippen LogP contribution in [-0.4, -0.2) is 53.9 Å². The van der Waals surface area contributed by atoms with Gasteiger partial charge in [-0.25, -0.2) is 9.18 Å². The number of halogens is 1. The second-order valence-corrected chi connectivity index (χ2v) is 9.19. The fourth-order valence-corrected chi connectivity index (χ4v) is 4.13. The summed E-state index contributed by atoms with van der Waals surface area (Å²) < 4.78 is 17.2. The molecule has 0 radical (unpaired) electrons. The van der Waals surface area contributed by atoms with E-state index in [0.29, 0.717) is 16.7 Å². The highest BCUT2D eigenvalue weighted by Gasteiger charge is 2.28. The zero-order valence-corrected chi connectivity index (χ0v) is 20.1. The standard InChI is InChI=1S/C21H26FN7O3S/c1-11(26(3)4)18-24-25-20(29(18)14-9-7-13(22)8-10-14)33-12(2)16(30)15-17(23)27(5)21(32)28(6)19(15)31/h7-12H,23H2,1-6H3. The molecule has 0 aliphatic rings. The summed E-state index contributed by atoms with van der Waals surface area (Å²) in [5.41, 5.74) is 4.94. The fraction of sp³-hybridized carbons (Fsp3) is 0.381. The lowest BCUT2D eigenvalue weighted by Crippen LogP contribution is -2.42. The minimum absolute atomic E-state index is 0.130. The van der Waals surface area contributed by atoms with Gasteiger partial charge in [0.2, 0.25) is 0 Å². The monoisotopic (exact) mass is 475 g/mol. The molecule has 2 unspecified atom stereocenters. The third kappa shape index (κ3) is 4.48. The molecule has 2 aromatic heterocycles. The van der Waals surface area contributed by atoms with Crippen LogP contribution in [0.25, 0.3) is 5.69 Å². The molecule has 0 aliphatic carbocycles. The Labute approximate surface area is 193 Å². The average Bonchev–Trinajstić information content (AvgIpc) is 3.19. The van der Waals surface area contributed by atoms with Gasteiger partial charge in [-0.2, -0.15) is 0 Å². The Bertz CT molecular complexity index is 1310. The number of thioether (sulfide) groups is 1. The van der Waals surface area contributed by atoms with Gasteiger partial charge >= 0.3 is 5.69 Å². The van der Waals surface area contributed by atoms with E-state index >= 15 is 0 Å². The lowest BCUT2D eigenvalue weighted by molar-refractivity contribution is 0.0992. The number of hydrogen-bond donors (Lipinski definition) is 1. The van der Waals surface area contributed by atoms with Crippen molar-refractivity contribution in [2.24, 2.45) is 14.1 Å². The Morgan fingerprint density at radius 2 is 1.70 bits per heavy atom. The van der Waals surface area contributed by atoms with Gasteiger partial charge in [-0.3, -0.25) is 28.2 Å². The molecule has 10 nitrogen and oxygen atoms in total. The molecular formula is C21H26FN7O3S. The molecule has 12 heteroatoms. The number of nitrogens with two attached hydrogens (primary N) is 1. The summed E-state index contributed by atoms with van der Waals surface area (Å²) in [6.07, 6.45) is 0. The zero-order chi connectivity index (χ0) is 24.6. The maximum atomic E-state index is 13.5. The zero-order valence-electron chi connectivity index (χ0n) is 19.2. The number of Topliss-reactive ketones (excluding diaryl/α,β-unsaturated/α-hetero) is 1. The van der Waals surface area contributed by atoms with Gasteiger partial charge in [0, 0.05) is 19.8 Å². The Kier molecular flexibility index (Phi) is 6.89.